The second-order valence-electron chi connectivity index (χ2n) is 5.32. The maximum Gasteiger partial charge on any atom is 0.126 e. The summed E-state index contributed by atoms with van der Waals surface area (Å²) in [6, 6.07) is 15.6. The van der Waals surface area contributed by atoms with Crippen molar-refractivity contribution in [1.29, 1.82) is 0 Å². The zero-order chi connectivity index (χ0) is 13.9. The molecule has 2 unspecified atom stereocenters. The van der Waals surface area contributed by atoms with E-state index in [0.29, 0.717) is 6.42 Å². The predicted octanol–water partition coefficient (Wildman–Crippen LogP) is 3.10. The lowest BCUT2D eigenvalue weighted by Gasteiger charge is -2.14. The summed E-state index contributed by atoms with van der Waals surface area (Å²) in [7, 11) is 0. The summed E-state index contributed by atoms with van der Waals surface area (Å²) >= 11 is 0. The van der Waals surface area contributed by atoms with E-state index in [-0.39, 0.29) is 17.9 Å². The molecule has 0 fully saturated rings. The first-order chi connectivity index (χ1) is 9.75. The van der Waals surface area contributed by atoms with E-state index in [1.54, 1.807) is 6.07 Å². The van der Waals surface area contributed by atoms with E-state index in [4.69, 9.17) is 5.73 Å². The van der Waals surface area contributed by atoms with Gasteiger partial charge in [-0.2, -0.15) is 0 Å². The second kappa shape index (κ2) is 5.73. The van der Waals surface area contributed by atoms with Crippen LogP contribution in [0.3, 0.4) is 0 Å². The van der Waals surface area contributed by atoms with Crippen molar-refractivity contribution >= 4 is 0 Å². The highest BCUT2D eigenvalue weighted by atomic mass is 19.1. The molecule has 0 heterocycles. The van der Waals surface area contributed by atoms with E-state index in [2.05, 4.69) is 17.4 Å². The zero-order valence-electron chi connectivity index (χ0n) is 11.4. The number of nitrogens with one attached hydrogen (secondary N) is 1. The Hall–Kier alpha value is -1.71. The number of hydrogen-bond donors (Lipinski definition) is 2. The fourth-order valence-corrected chi connectivity index (χ4v) is 2.95. The van der Waals surface area contributed by atoms with Gasteiger partial charge < -0.3 is 11.1 Å². The van der Waals surface area contributed by atoms with E-state index >= 15 is 0 Å². The fourth-order valence-electron chi connectivity index (χ4n) is 2.95. The monoisotopic (exact) mass is 270 g/mol. The van der Waals surface area contributed by atoms with Crippen LogP contribution in [0.5, 0.6) is 0 Å². The molecule has 2 aromatic rings. The van der Waals surface area contributed by atoms with Gasteiger partial charge >= 0.3 is 0 Å². The van der Waals surface area contributed by atoms with E-state index in [1.165, 1.54) is 17.2 Å². The Labute approximate surface area is 118 Å². The third kappa shape index (κ3) is 2.60. The van der Waals surface area contributed by atoms with Crippen molar-refractivity contribution in [1.82, 2.24) is 5.32 Å². The van der Waals surface area contributed by atoms with Gasteiger partial charge in [0.2, 0.25) is 0 Å². The molecule has 1 aliphatic carbocycles. The Bertz CT molecular complexity index is 597. The predicted molar refractivity (Wildman–Crippen MR) is 78.8 cm³/mol. The molecule has 0 spiro atoms. The molecule has 0 aliphatic heterocycles. The summed E-state index contributed by atoms with van der Waals surface area (Å²) in [6.07, 6.45) is 1.61. The van der Waals surface area contributed by atoms with Crippen molar-refractivity contribution in [3.63, 3.8) is 0 Å². The van der Waals surface area contributed by atoms with Gasteiger partial charge in [-0.05, 0) is 42.1 Å². The molecule has 20 heavy (non-hydrogen) atoms. The van der Waals surface area contributed by atoms with Gasteiger partial charge in [-0.1, -0.05) is 42.5 Å². The highest BCUT2D eigenvalue weighted by Crippen LogP contribution is 2.36. The Morgan fingerprint density at radius 1 is 1.05 bits per heavy atom. The van der Waals surface area contributed by atoms with Crippen LogP contribution in [0, 0.1) is 5.82 Å². The second-order valence-corrected chi connectivity index (χ2v) is 5.32. The van der Waals surface area contributed by atoms with E-state index in [1.807, 2.05) is 24.3 Å². The van der Waals surface area contributed by atoms with Crippen LogP contribution in [-0.4, -0.2) is 6.54 Å². The Morgan fingerprint density at radius 3 is 2.55 bits per heavy atom. The summed E-state index contributed by atoms with van der Waals surface area (Å²) in [5, 5.41) is 3.50. The molecule has 0 amide bonds. The summed E-state index contributed by atoms with van der Waals surface area (Å²) < 4.78 is 13.5. The molecule has 0 aromatic heterocycles. The highest BCUT2D eigenvalue weighted by molar-refractivity contribution is 5.37. The van der Waals surface area contributed by atoms with Crippen molar-refractivity contribution in [2.45, 2.75) is 24.9 Å². The first-order valence-corrected chi connectivity index (χ1v) is 7.07. The first-order valence-electron chi connectivity index (χ1n) is 7.07. The van der Waals surface area contributed by atoms with E-state index < -0.39 is 0 Å². The molecule has 0 bridgehead atoms. The van der Waals surface area contributed by atoms with Gasteiger partial charge in [0.25, 0.3) is 0 Å². The van der Waals surface area contributed by atoms with Gasteiger partial charge in [-0.15, -0.1) is 0 Å². The van der Waals surface area contributed by atoms with Gasteiger partial charge in [0.1, 0.15) is 5.82 Å². The SMILES string of the molecule is NC1CC(NCCc2ccccc2F)c2ccccc21. The molecule has 2 nitrogen and oxygen atoms in total. The summed E-state index contributed by atoms with van der Waals surface area (Å²) in [6.45, 7) is 0.757. The number of nitrogens with two attached hydrogens (primary N) is 1. The van der Waals surface area contributed by atoms with Gasteiger partial charge in [-0.3, -0.25) is 0 Å². The largest absolute Gasteiger partial charge is 0.324 e. The van der Waals surface area contributed by atoms with Crippen molar-refractivity contribution in [3.8, 4) is 0 Å². The maximum atomic E-state index is 13.5. The number of halogens is 1. The third-order valence-electron chi connectivity index (χ3n) is 4.00. The van der Waals surface area contributed by atoms with Gasteiger partial charge in [0, 0.05) is 12.1 Å². The molecule has 2 aromatic carbocycles. The Balaban J connectivity index is 1.62. The van der Waals surface area contributed by atoms with E-state index in [9.17, 15) is 4.39 Å². The summed E-state index contributed by atoms with van der Waals surface area (Å²) in [5.41, 5.74) is 9.42. The van der Waals surface area contributed by atoms with Crippen LogP contribution in [0.4, 0.5) is 4.39 Å². The van der Waals surface area contributed by atoms with Crippen LogP contribution in [-0.2, 0) is 6.42 Å². The Morgan fingerprint density at radius 2 is 1.75 bits per heavy atom. The summed E-state index contributed by atoms with van der Waals surface area (Å²) in [5.74, 6) is -0.127. The van der Waals surface area contributed by atoms with Gasteiger partial charge in [0.05, 0.1) is 0 Å². The molecule has 0 saturated heterocycles. The zero-order valence-corrected chi connectivity index (χ0v) is 11.4. The molecule has 104 valence electrons. The minimum Gasteiger partial charge on any atom is -0.324 e. The van der Waals surface area contributed by atoms with Gasteiger partial charge in [-0.25, -0.2) is 4.39 Å². The van der Waals surface area contributed by atoms with Crippen LogP contribution >= 0.6 is 0 Å². The van der Waals surface area contributed by atoms with Crippen LogP contribution < -0.4 is 11.1 Å². The van der Waals surface area contributed by atoms with Crippen LogP contribution in [0.25, 0.3) is 0 Å². The topological polar surface area (TPSA) is 38.0 Å². The van der Waals surface area contributed by atoms with Crippen molar-refractivity contribution in [2.24, 2.45) is 5.73 Å². The van der Waals surface area contributed by atoms with Gasteiger partial charge in [0.15, 0.2) is 0 Å². The number of hydrogen-bond acceptors (Lipinski definition) is 2. The van der Waals surface area contributed by atoms with Crippen LogP contribution in [0.2, 0.25) is 0 Å². The first kappa shape index (κ1) is 13.3. The van der Waals surface area contributed by atoms with Crippen molar-refractivity contribution in [2.75, 3.05) is 6.54 Å². The lowest BCUT2D eigenvalue weighted by Crippen LogP contribution is -2.22. The maximum absolute atomic E-state index is 13.5. The molecule has 2 atom stereocenters. The average molecular weight is 270 g/mol. The lowest BCUT2D eigenvalue weighted by atomic mass is 10.1. The third-order valence-corrected chi connectivity index (χ3v) is 4.00. The standard InChI is InChI=1S/C17H19FN2/c18-15-8-4-1-5-12(15)9-10-20-17-11-16(19)13-6-2-3-7-14(13)17/h1-8,16-17,20H,9-11,19H2. The Kier molecular flexibility index (Phi) is 3.81. The summed E-state index contributed by atoms with van der Waals surface area (Å²) in [4.78, 5) is 0. The molecule has 0 radical (unpaired) electrons. The smallest absolute Gasteiger partial charge is 0.126 e. The normalized spacial score (nSPS) is 20.9. The number of fused-ring (bicyclic) bond motifs is 1. The quantitative estimate of drug-likeness (QED) is 0.896. The van der Waals surface area contributed by atoms with Crippen molar-refractivity contribution < 1.29 is 4.39 Å². The average Bonchev–Trinajstić information content (AvgIpc) is 2.78. The van der Waals surface area contributed by atoms with Crippen LogP contribution in [0.15, 0.2) is 48.5 Å². The van der Waals surface area contributed by atoms with Crippen molar-refractivity contribution in [3.05, 3.63) is 71.0 Å². The molecule has 3 N–H and O–H groups in total. The molecule has 1 aliphatic rings. The highest BCUT2D eigenvalue weighted by Gasteiger charge is 2.27. The molecular formula is C17H19FN2. The van der Waals surface area contributed by atoms with Crippen LogP contribution in [0.1, 0.15) is 35.2 Å². The molecular weight excluding hydrogens is 251 g/mol. The fraction of sp³-hybridized carbons (Fsp3) is 0.294. The number of benzene rings is 2. The molecule has 0 saturated carbocycles. The minimum atomic E-state index is -0.127. The molecule has 3 rings (SSSR count). The van der Waals surface area contributed by atoms with E-state index in [0.717, 1.165) is 18.5 Å². The minimum absolute atomic E-state index is 0.108. The lowest BCUT2D eigenvalue weighted by molar-refractivity contribution is 0.498. The molecule has 3 heteroatoms. The number of rotatable bonds is 4.